The summed E-state index contributed by atoms with van der Waals surface area (Å²) in [4.78, 5) is 4.30. The Morgan fingerprint density at radius 2 is 2.13 bits per heavy atom. The van der Waals surface area contributed by atoms with E-state index in [1.807, 2.05) is 24.4 Å². The number of rotatable bonds is 2. The van der Waals surface area contributed by atoms with Crippen molar-refractivity contribution >= 4 is 22.7 Å². The van der Waals surface area contributed by atoms with E-state index in [2.05, 4.69) is 31.7 Å². The van der Waals surface area contributed by atoms with Crippen molar-refractivity contribution in [3.63, 3.8) is 0 Å². The first-order valence-corrected chi connectivity index (χ1v) is 5.22. The molecule has 0 radical (unpaired) electrons. The highest BCUT2D eigenvalue weighted by molar-refractivity contribution is 7.99. The Kier molecular flexibility index (Phi) is 1.92. The summed E-state index contributed by atoms with van der Waals surface area (Å²) in [6.07, 6.45) is 1.95. The maximum absolute atomic E-state index is 3.90. The lowest BCUT2D eigenvalue weighted by Crippen LogP contribution is -1.74. The highest BCUT2D eigenvalue weighted by Crippen LogP contribution is 2.30. The first-order chi connectivity index (χ1) is 7.43. The highest BCUT2D eigenvalue weighted by Gasteiger charge is 2.06. The van der Waals surface area contributed by atoms with E-state index in [1.54, 1.807) is 0 Å². The van der Waals surface area contributed by atoms with Gasteiger partial charge in [-0.3, -0.25) is 0 Å². The number of benzene rings is 1. The largest absolute Gasteiger partial charge is 0.360 e. The standard InChI is InChI=1S/C9H7N5S/c1-2-4-7-6(3-1)8(5-10-7)15-9-11-13-14-12-9/h1-5,10H,(H,11,12,13,14). The minimum absolute atomic E-state index is 0.625. The molecule has 0 amide bonds. The fourth-order valence-corrected chi connectivity index (χ4v) is 2.19. The number of aromatic nitrogens is 5. The van der Waals surface area contributed by atoms with Gasteiger partial charge in [-0.25, -0.2) is 0 Å². The van der Waals surface area contributed by atoms with Crippen molar-refractivity contribution in [2.45, 2.75) is 10.1 Å². The SMILES string of the molecule is c1ccc2c(Sc3nn[nH]n3)c[nH]c2c1. The molecule has 0 spiro atoms. The van der Waals surface area contributed by atoms with E-state index in [4.69, 9.17) is 0 Å². The van der Waals surface area contributed by atoms with E-state index in [0.717, 1.165) is 10.4 Å². The van der Waals surface area contributed by atoms with Gasteiger partial charge in [-0.1, -0.05) is 18.2 Å². The van der Waals surface area contributed by atoms with Crippen LogP contribution in [-0.2, 0) is 0 Å². The van der Waals surface area contributed by atoms with Crippen LogP contribution >= 0.6 is 11.8 Å². The zero-order chi connectivity index (χ0) is 10.1. The Hall–Kier alpha value is -1.82. The third-order valence-corrected chi connectivity index (χ3v) is 2.99. The van der Waals surface area contributed by atoms with E-state index in [-0.39, 0.29) is 0 Å². The van der Waals surface area contributed by atoms with Crippen LogP contribution in [0.2, 0.25) is 0 Å². The molecule has 0 fully saturated rings. The predicted octanol–water partition coefficient (Wildman–Crippen LogP) is 1.83. The van der Waals surface area contributed by atoms with Crippen molar-refractivity contribution in [2.75, 3.05) is 0 Å². The first kappa shape index (κ1) is 8.49. The van der Waals surface area contributed by atoms with Crippen LogP contribution in [0.4, 0.5) is 0 Å². The minimum Gasteiger partial charge on any atom is -0.360 e. The molecular formula is C9H7N5S. The van der Waals surface area contributed by atoms with Crippen LogP contribution in [0.15, 0.2) is 40.5 Å². The summed E-state index contributed by atoms with van der Waals surface area (Å²) in [6.45, 7) is 0. The van der Waals surface area contributed by atoms with Gasteiger partial charge in [0.05, 0.1) is 0 Å². The van der Waals surface area contributed by atoms with Gasteiger partial charge in [-0.15, -0.1) is 10.2 Å². The molecule has 5 nitrogen and oxygen atoms in total. The zero-order valence-corrected chi connectivity index (χ0v) is 8.45. The Labute approximate surface area is 89.3 Å². The molecule has 0 unspecified atom stereocenters. The Balaban J connectivity index is 2.05. The number of H-pyrrole nitrogens is 2. The molecular weight excluding hydrogens is 210 g/mol. The second-order valence-electron chi connectivity index (χ2n) is 2.99. The molecule has 74 valence electrons. The molecule has 2 N–H and O–H groups in total. The second kappa shape index (κ2) is 3.39. The van der Waals surface area contributed by atoms with Crippen LogP contribution in [-0.4, -0.2) is 25.6 Å². The van der Waals surface area contributed by atoms with Gasteiger partial charge in [0.1, 0.15) is 0 Å². The molecule has 0 atom stereocenters. The molecule has 0 saturated carbocycles. The molecule has 3 aromatic rings. The van der Waals surface area contributed by atoms with Crippen LogP contribution in [0.3, 0.4) is 0 Å². The number of fused-ring (bicyclic) bond motifs is 1. The van der Waals surface area contributed by atoms with E-state index in [9.17, 15) is 0 Å². The summed E-state index contributed by atoms with van der Waals surface area (Å²) < 4.78 is 0. The quantitative estimate of drug-likeness (QED) is 0.687. The number of nitrogens with one attached hydrogen (secondary N) is 2. The molecule has 3 rings (SSSR count). The fraction of sp³-hybridized carbons (Fsp3) is 0. The van der Waals surface area contributed by atoms with Crippen LogP contribution in [0.25, 0.3) is 10.9 Å². The van der Waals surface area contributed by atoms with Crippen molar-refractivity contribution < 1.29 is 0 Å². The molecule has 0 aliphatic carbocycles. The van der Waals surface area contributed by atoms with Crippen molar-refractivity contribution in [3.05, 3.63) is 30.5 Å². The average molecular weight is 217 g/mol. The van der Waals surface area contributed by atoms with Gasteiger partial charge in [-0.2, -0.15) is 5.21 Å². The molecule has 15 heavy (non-hydrogen) atoms. The van der Waals surface area contributed by atoms with Gasteiger partial charge in [0.15, 0.2) is 0 Å². The maximum Gasteiger partial charge on any atom is 0.235 e. The van der Waals surface area contributed by atoms with E-state index in [0.29, 0.717) is 5.16 Å². The van der Waals surface area contributed by atoms with Gasteiger partial charge >= 0.3 is 0 Å². The van der Waals surface area contributed by atoms with Crippen molar-refractivity contribution in [1.82, 2.24) is 25.6 Å². The van der Waals surface area contributed by atoms with Crippen LogP contribution in [0.1, 0.15) is 0 Å². The summed E-state index contributed by atoms with van der Waals surface area (Å²) in [5.74, 6) is 0. The van der Waals surface area contributed by atoms with Gasteiger partial charge in [0.25, 0.3) is 0 Å². The van der Waals surface area contributed by atoms with E-state index < -0.39 is 0 Å². The van der Waals surface area contributed by atoms with Crippen molar-refractivity contribution in [3.8, 4) is 0 Å². The normalized spacial score (nSPS) is 10.9. The third kappa shape index (κ3) is 1.48. The van der Waals surface area contributed by atoms with Crippen LogP contribution in [0, 0.1) is 0 Å². The van der Waals surface area contributed by atoms with Gasteiger partial charge in [0, 0.05) is 22.0 Å². The van der Waals surface area contributed by atoms with Crippen molar-refractivity contribution in [2.24, 2.45) is 0 Å². The second-order valence-corrected chi connectivity index (χ2v) is 4.00. The number of para-hydroxylation sites is 1. The Morgan fingerprint density at radius 3 is 3.00 bits per heavy atom. The topological polar surface area (TPSA) is 70.2 Å². The van der Waals surface area contributed by atoms with Crippen LogP contribution < -0.4 is 0 Å². The van der Waals surface area contributed by atoms with Crippen molar-refractivity contribution in [1.29, 1.82) is 0 Å². The lowest BCUT2D eigenvalue weighted by atomic mass is 10.2. The predicted molar refractivity (Wildman–Crippen MR) is 56.6 cm³/mol. The van der Waals surface area contributed by atoms with Gasteiger partial charge in [0.2, 0.25) is 5.16 Å². The zero-order valence-electron chi connectivity index (χ0n) is 7.64. The minimum atomic E-state index is 0.625. The van der Waals surface area contributed by atoms with E-state index >= 15 is 0 Å². The maximum atomic E-state index is 3.90. The summed E-state index contributed by atoms with van der Waals surface area (Å²) in [5.41, 5.74) is 1.11. The highest BCUT2D eigenvalue weighted by atomic mass is 32.2. The lowest BCUT2D eigenvalue weighted by Gasteiger charge is -1.92. The number of nitrogens with zero attached hydrogens (tertiary/aromatic N) is 3. The Bertz CT molecular complexity index is 571. The first-order valence-electron chi connectivity index (χ1n) is 4.41. The number of tetrazole rings is 1. The molecule has 2 heterocycles. The molecule has 0 bridgehead atoms. The summed E-state index contributed by atoms with van der Waals surface area (Å²) in [6, 6.07) is 8.11. The molecule has 6 heteroatoms. The Morgan fingerprint density at radius 1 is 1.20 bits per heavy atom. The molecule has 2 aromatic heterocycles. The molecule has 0 aliphatic rings. The molecule has 0 aliphatic heterocycles. The third-order valence-electron chi connectivity index (χ3n) is 2.08. The van der Waals surface area contributed by atoms with Crippen LogP contribution in [0.5, 0.6) is 0 Å². The number of hydrogen-bond donors (Lipinski definition) is 2. The van der Waals surface area contributed by atoms with E-state index in [1.165, 1.54) is 17.1 Å². The monoisotopic (exact) mass is 217 g/mol. The molecule has 0 saturated heterocycles. The van der Waals surface area contributed by atoms with Gasteiger partial charge < -0.3 is 4.98 Å². The average Bonchev–Trinajstić information content (AvgIpc) is 2.89. The lowest BCUT2D eigenvalue weighted by molar-refractivity contribution is 0.881. The van der Waals surface area contributed by atoms with Gasteiger partial charge in [-0.05, 0) is 23.0 Å². The smallest absolute Gasteiger partial charge is 0.235 e. The summed E-state index contributed by atoms with van der Waals surface area (Å²) in [7, 11) is 0. The fourth-order valence-electron chi connectivity index (χ4n) is 1.42. The number of aromatic amines is 2. The summed E-state index contributed by atoms with van der Waals surface area (Å²) in [5, 5.41) is 15.5. The summed E-state index contributed by atoms with van der Waals surface area (Å²) >= 11 is 1.48. The molecule has 1 aromatic carbocycles. The number of hydrogen-bond acceptors (Lipinski definition) is 4.